The molecule has 1 saturated carbocycles. The van der Waals surface area contributed by atoms with Crippen molar-refractivity contribution in [2.45, 2.75) is 19.3 Å². The molecule has 1 aromatic carbocycles. The highest BCUT2D eigenvalue weighted by Gasteiger charge is 2.19. The first kappa shape index (κ1) is 12.7. The highest BCUT2D eigenvalue weighted by Crippen LogP contribution is 2.28. The molecule has 4 nitrogen and oxygen atoms in total. The molecule has 0 atom stereocenters. The van der Waals surface area contributed by atoms with Crippen LogP contribution in [-0.2, 0) is 0 Å². The maximum Gasteiger partial charge on any atom is 0.255 e. The van der Waals surface area contributed by atoms with Crippen molar-refractivity contribution in [3.8, 4) is 0 Å². The van der Waals surface area contributed by atoms with E-state index in [0.717, 1.165) is 18.2 Å². The molecule has 1 aromatic rings. The van der Waals surface area contributed by atoms with Crippen molar-refractivity contribution in [3.05, 3.63) is 23.8 Å². The summed E-state index contributed by atoms with van der Waals surface area (Å²) in [7, 11) is 3.52. The molecular formula is C14H21N3O. The van der Waals surface area contributed by atoms with Gasteiger partial charge in [0.1, 0.15) is 0 Å². The standard InChI is InChI=1S/C14H21N3O/c1-17(2)14(18)12-7-6-11(15)8-13(12)16-9-10-4-3-5-10/h6-8,10,16H,3-5,9,15H2,1-2H3. The van der Waals surface area contributed by atoms with Crippen LogP contribution in [0.4, 0.5) is 11.4 Å². The van der Waals surface area contributed by atoms with Crippen molar-refractivity contribution in [2.24, 2.45) is 5.92 Å². The lowest BCUT2D eigenvalue weighted by Gasteiger charge is -2.26. The monoisotopic (exact) mass is 247 g/mol. The second kappa shape index (κ2) is 5.29. The van der Waals surface area contributed by atoms with Gasteiger partial charge < -0.3 is 16.0 Å². The molecule has 0 unspecified atom stereocenters. The van der Waals surface area contributed by atoms with Crippen LogP contribution >= 0.6 is 0 Å². The Labute approximate surface area is 108 Å². The summed E-state index contributed by atoms with van der Waals surface area (Å²) in [6.07, 6.45) is 3.89. The van der Waals surface area contributed by atoms with Crippen molar-refractivity contribution in [1.82, 2.24) is 4.90 Å². The summed E-state index contributed by atoms with van der Waals surface area (Å²) in [5, 5.41) is 3.36. The molecule has 1 amide bonds. The van der Waals surface area contributed by atoms with Crippen LogP contribution in [0.5, 0.6) is 0 Å². The number of hydrogen-bond acceptors (Lipinski definition) is 3. The fraction of sp³-hybridized carbons (Fsp3) is 0.500. The number of anilines is 2. The van der Waals surface area contributed by atoms with E-state index in [1.54, 1.807) is 31.1 Å². The minimum Gasteiger partial charge on any atom is -0.399 e. The van der Waals surface area contributed by atoms with Gasteiger partial charge in [-0.3, -0.25) is 4.79 Å². The highest BCUT2D eigenvalue weighted by molar-refractivity contribution is 5.99. The SMILES string of the molecule is CN(C)C(=O)c1ccc(N)cc1NCC1CCC1. The number of carbonyl (C=O) groups excluding carboxylic acids is 1. The fourth-order valence-corrected chi connectivity index (χ4v) is 2.09. The van der Waals surface area contributed by atoms with Gasteiger partial charge in [0, 0.05) is 32.0 Å². The number of nitrogens with two attached hydrogens (primary N) is 1. The molecule has 0 bridgehead atoms. The zero-order valence-electron chi connectivity index (χ0n) is 11.1. The summed E-state index contributed by atoms with van der Waals surface area (Å²) in [6.45, 7) is 0.928. The minimum atomic E-state index is 0.00566. The predicted molar refractivity (Wildman–Crippen MR) is 74.7 cm³/mol. The van der Waals surface area contributed by atoms with Gasteiger partial charge in [0.15, 0.2) is 0 Å². The first-order valence-electron chi connectivity index (χ1n) is 6.43. The molecule has 2 rings (SSSR count). The van der Waals surface area contributed by atoms with E-state index < -0.39 is 0 Å². The number of benzene rings is 1. The van der Waals surface area contributed by atoms with Crippen molar-refractivity contribution in [2.75, 3.05) is 31.7 Å². The summed E-state index contributed by atoms with van der Waals surface area (Å²) < 4.78 is 0. The number of amides is 1. The lowest BCUT2D eigenvalue weighted by atomic mass is 9.85. The van der Waals surface area contributed by atoms with Gasteiger partial charge >= 0.3 is 0 Å². The van der Waals surface area contributed by atoms with Crippen LogP contribution in [0.3, 0.4) is 0 Å². The maximum absolute atomic E-state index is 12.0. The second-order valence-corrected chi connectivity index (χ2v) is 5.18. The average molecular weight is 247 g/mol. The van der Waals surface area contributed by atoms with E-state index in [2.05, 4.69) is 5.32 Å². The molecule has 1 fully saturated rings. The quantitative estimate of drug-likeness (QED) is 0.802. The number of nitrogens with zero attached hydrogens (tertiary/aromatic N) is 1. The Morgan fingerprint density at radius 1 is 1.44 bits per heavy atom. The van der Waals surface area contributed by atoms with Crippen molar-refractivity contribution in [1.29, 1.82) is 0 Å². The van der Waals surface area contributed by atoms with Crippen molar-refractivity contribution in [3.63, 3.8) is 0 Å². The fourth-order valence-electron chi connectivity index (χ4n) is 2.09. The van der Waals surface area contributed by atoms with E-state index in [9.17, 15) is 4.79 Å². The van der Waals surface area contributed by atoms with Crippen LogP contribution < -0.4 is 11.1 Å². The van der Waals surface area contributed by atoms with Gasteiger partial charge in [-0.05, 0) is 37.0 Å². The van der Waals surface area contributed by atoms with Gasteiger partial charge in [-0.25, -0.2) is 0 Å². The van der Waals surface area contributed by atoms with Gasteiger partial charge in [-0.2, -0.15) is 0 Å². The minimum absolute atomic E-state index is 0.00566. The van der Waals surface area contributed by atoms with Crippen molar-refractivity contribution < 1.29 is 4.79 Å². The van der Waals surface area contributed by atoms with E-state index in [1.165, 1.54) is 19.3 Å². The number of carbonyl (C=O) groups is 1. The maximum atomic E-state index is 12.0. The normalized spacial score (nSPS) is 15.0. The Morgan fingerprint density at radius 3 is 2.72 bits per heavy atom. The lowest BCUT2D eigenvalue weighted by Crippen LogP contribution is -2.25. The average Bonchev–Trinajstić information content (AvgIpc) is 2.26. The Balaban J connectivity index is 2.14. The first-order chi connectivity index (χ1) is 8.58. The molecule has 0 aromatic heterocycles. The Kier molecular flexibility index (Phi) is 3.75. The van der Waals surface area contributed by atoms with Crippen LogP contribution in [-0.4, -0.2) is 31.4 Å². The van der Waals surface area contributed by atoms with E-state index >= 15 is 0 Å². The Bertz CT molecular complexity index is 439. The first-order valence-corrected chi connectivity index (χ1v) is 6.43. The van der Waals surface area contributed by atoms with Crippen LogP contribution in [0.15, 0.2) is 18.2 Å². The summed E-state index contributed by atoms with van der Waals surface area (Å²) in [5.41, 5.74) is 8.01. The molecule has 0 spiro atoms. The second-order valence-electron chi connectivity index (χ2n) is 5.18. The van der Waals surface area contributed by atoms with E-state index in [-0.39, 0.29) is 5.91 Å². The third kappa shape index (κ3) is 2.75. The molecule has 18 heavy (non-hydrogen) atoms. The van der Waals surface area contributed by atoms with E-state index in [0.29, 0.717) is 11.3 Å². The number of nitrogens with one attached hydrogen (secondary N) is 1. The molecule has 0 saturated heterocycles. The molecular weight excluding hydrogens is 226 g/mol. The Morgan fingerprint density at radius 2 is 2.17 bits per heavy atom. The third-order valence-electron chi connectivity index (χ3n) is 3.49. The van der Waals surface area contributed by atoms with Gasteiger partial charge in [0.05, 0.1) is 5.56 Å². The van der Waals surface area contributed by atoms with E-state index in [4.69, 9.17) is 5.73 Å². The van der Waals surface area contributed by atoms with Gasteiger partial charge in [-0.15, -0.1) is 0 Å². The van der Waals surface area contributed by atoms with Crippen molar-refractivity contribution >= 4 is 17.3 Å². The number of rotatable bonds is 4. The van der Waals surface area contributed by atoms with Crippen LogP contribution in [0.25, 0.3) is 0 Å². The molecule has 1 aliphatic carbocycles. The zero-order chi connectivity index (χ0) is 13.1. The van der Waals surface area contributed by atoms with Gasteiger partial charge in [0.25, 0.3) is 5.91 Å². The third-order valence-corrected chi connectivity index (χ3v) is 3.49. The molecule has 0 heterocycles. The topological polar surface area (TPSA) is 58.4 Å². The molecule has 0 radical (unpaired) electrons. The smallest absolute Gasteiger partial charge is 0.255 e. The van der Waals surface area contributed by atoms with Gasteiger partial charge in [0.2, 0.25) is 0 Å². The molecule has 1 aliphatic rings. The van der Waals surface area contributed by atoms with E-state index in [1.807, 2.05) is 6.07 Å². The molecule has 98 valence electrons. The number of nitrogen functional groups attached to an aromatic ring is 1. The summed E-state index contributed by atoms with van der Waals surface area (Å²) in [5.74, 6) is 0.750. The lowest BCUT2D eigenvalue weighted by molar-refractivity contribution is 0.0828. The summed E-state index contributed by atoms with van der Waals surface area (Å²) >= 11 is 0. The molecule has 0 aliphatic heterocycles. The Hall–Kier alpha value is -1.71. The number of hydrogen-bond donors (Lipinski definition) is 2. The van der Waals surface area contributed by atoms with Crippen LogP contribution in [0, 0.1) is 5.92 Å². The largest absolute Gasteiger partial charge is 0.399 e. The van der Waals surface area contributed by atoms with Crippen LogP contribution in [0.2, 0.25) is 0 Å². The summed E-state index contributed by atoms with van der Waals surface area (Å²) in [6, 6.07) is 5.40. The molecule has 3 N–H and O–H groups in total. The molecule has 4 heteroatoms. The zero-order valence-corrected chi connectivity index (χ0v) is 11.1. The van der Waals surface area contributed by atoms with Crippen LogP contribution in [0.1, 0.15) is 29.6 Å². The predicted octanol–water partition coefficient (Wildman–Crippen LogP) is 2.18. The van der Waals surface area contributed by atoms with Gasteiger partial charge in [-0.1, -0.05) is 6.42 Å². The highest BCUT2D eigenvalue weighted by atomic mass is 16.2. The summed E-state index contributed by atoms with van der Waals surface area (Å²) in [4.78, 5) is 13.6.